The molecule has 1 atom stereocenters. The molecule has 17 heavy (non-hydrogen) atoms. The van der Waals surface area contributed by atoms with Crippen molar-refractivity contribution >= 4 is 40.9 Å². The summed E-state index contributed by atoms with van der Waals surface area (Å²) < 4.78 is 0. The second-order valence-corrected chi connectivity index (χ2v) is 5.06. The van der Waals surface area contributed by atoms with Crippen LogP contribution >= 0.6 is 23.4 Å². The highest BCUT2D eigenvalue weighted by Crippen LogP contribution is 2.32. The first-order valence-electron chi connectivity index (χ1n) is 4.72. The molecule has 6 heteroatoms. The number of benzene rings is 1. The molecule has 1 heterocycles. The first kappa shape index (κ1) is 12.1. The Morgan fingerprint density at radius 1 is 1.41 bits per heavy atom. The van der Waals surface area contributed by atoms with Gasteiger partial charge in [-0.3, -0.25) is 9.59 Å². The van der Waals surface area contributed by atoms with Crippen LogP contribution in [0.3, 0.4) is 0 Å². The molecule has 0 aromatic heterocycles. The van der Waals surface area contributed by atoms with Crippen molar-refractivity contribution in [1.29, 1.82) is 0 Å². The van der Waals surface area contributed by atoms with Gasteiger partial charge < -0.3 is 5.11 Å². The largest absolute Gasteiger partial charge is 0.475 e. The van der Waals surface area contributed by atoms with Gasteiger partial charge in [-0.25, -0.2) is 4.79 Å². The van der Waals surface area contributed by atoms with E-state index in [0.29, 0.717) is 16.3 Å². The highest BCUT2D eigenvalue weighted by molar-refractivity contribution is 8.00. The lowest BCUT2D eigenvalue weighted by molar-refractivity contribution is -0.148. The molecule has 1 aliphatic rings. The lowest BCUT2D eigenvalue weighted by Gasteiger charge is -2.20. The molecule has 0 fully saturated rings. The van der Waals surface area contributed by atoms with Gasteiger partial charge in [0.05, 0.1) is 0 Å². The predicted molar refractivity (Wildman–Crippen MR) is 63.5 cm³/mol. The Bertz CT molecular complexity index is 526. The van der Waals surface area contributed by atoms with Gasteiger partial charge in [0.15, 0.2) is 5.78 Å². The van der Waals surface area contributed by atoms with E-state index in [1.54, 1.807) is 12.1 Å². The number of carboxylic acids is 1. The monoisotopic (exact) mass is 270 g/mol. The lowest BCUT2D eigenvalue weighted by Crippen LogP contribution is -2.35. The number of halogens is 1. The van der Waals surface area contributed by atoms with E-state index in [9.17, 15) is 14.4 Å². The van der Waals surface area contributed by atoms with Crippen molar-refractivity contribution in [1.82, 2.24) is 0 Å². The van der Waals surface area contributed by atoms with Crippen molar-refractivity contribution in [3.05, 3.63) is 34.3 Å². The number of Topliss-reactive ketones (excluding diaryl/α,β-unsaturated/α-hetero) is 2. The fourth-order valence-electron chi connectivity index (χ4n) is 1.62. The molecule has 1 aromatic carbocycles. The molecule has 1 aliphatic heterocycles. The minimum absolute atomic E-state index is 0.382. The summed E-state index contributed by atoms with van der Waals surface area (Å²) in [6, 6.07) is 4.74. The predicted octanol–water partition coefficient (Wildman–Crippen LogP) is 1.79. The number of carbonyl (C=O) groups excluding carboxylic acids is 2. The van der Waals surface area contributed by atoms with Gasteiger partial charge in [-0.15, -0.1) is 11.8 Å². The molecule has 1 unspecified atom stereocenters. The maximum atomic E-state index is 11.9. The summed E-state index contributed by atoms with van der Waals surface area (Å²) in [7, 11) is 0. The normalized spacial score (nSPS) is 18.6. The van der Waals surface area contributed by atoms with Gasteiger partial charge in [0.2, 0.25) is 0 Å². The van der Waals surface area contributed by atoms with Gasteiger partial charge >= 0.3 is 5.97 Å². The van der Waals surface area contributed by atoms with Crippen LogP contribution in [-0.4, -0.2) is 27.9 Å². The van der Waals surface area contributed by atoms with E-state index in [2.05, 4.69) is 0 Å². The molecule has 0 bridgehead atoms. The van der Waals surface area contributed by atoms with Crippen LogP contribution in [0.2, 0.25) is 5.02 Å². The number of hydrogen-bond acceptors (Lipinski definition) is 4. The maximum Gasteiger partial charge on any atom is 0.373 e. The zero-order valence-corrected chi connectivity index (χ0v) is 10.0. The molecule has 0 spiro atoms. The zero-order chi connectivity index (χ0) is 12.6. The average Bonchev–Trinajstić information content (AvgIpc) is 2.28. The second kappa shape index (κ2) is 4.50. The standard InChI is InChI=1S/C11H7ClO4S/c12-6-1-2-7-5(3-6)4-17-10(8(7)13)9(14)11(15)16/h1-3,10H,4H2,(H,15,16). The smallest absolute Gasteiger partial charge is 0.373 e. The van der Waals surface area contributed by atoms with Crippen molar-refractivity contribution in [2.24, 2.45) is 0 Å². The summed E-state index contributed by atoms with van der Waals surface area (Å²) in [5.41, 5.74) is 1.12. The first-order chi connectivity index (χ1) is 8.00. The molecule has 0 amide bonds. The van der Waals surface area contributed by atoms with E-state index in [-0.39, 0.29) is 0 Å². The number of hydrogen-bond donors (Lipinski definition) is 1. The first-order valence-corrected chi connectivity index (χ1v) is 6.14. The summed E-state index contributed by atoms with van der Waals surface area (Å²) in [5, 5.41) is 7.98. The number of carboxylic acid groups (broad SMARTS) is 1. The molecule has 0 saturated heterocycles. The highest BCUT2D eigenvalue weighted by Gasteiger charge is 2.36. The number of ketones is 2. The highest BCUT2D eigenvalue weighted by atomic mass is 35.5. The van der Waals surface area contributed by atoms with Gasteiger partial charge in [0, 0.05) is 16.3 Å². The quantitative estimate of drug-likeness (QED) is 0.655. The van der Waals surface area contributed by atoms with E-state index in [1.165, 1.54) is 6.07 Å². The van der Waals surface area contributed by atoms with Crippen LogP contribution in [0.5, 0.6) is 0 Å². The Morgan fingerprint density at radius 2 is 2.12 bits per heavy atom. The number of carbonyl (C=O) groups is 3. The molecule has 0 radical (unpaired) electrons. The van der Waals surface area contributed by atoms with E-state index in [0.717, 1.165) is 17.3 Å². The molecule has 1 aromatic rings. The molecule has 2 rings (SSSR count). The van der Waals surface area contributed by atoms with Crippen molar-refractivity contribution < 1.29 is 19.5 Å². The summed E-state index contributed by atoms with van der Waals surface area (Å²) in [6.07, 6.45) is 0. The third-order valence-electron chi connectivity index (χ3n) is 2.43. The fraction of sp³-hybridized carbons (Fsp3) is 0.182. The number of aliphatic carboxylic acids is 1. The Labute approximate surface area is 106 Å². The number of rotatable bonds is 2. The topological polar surface area (TPSA) is 71.4 Å². The Kier molecular flexibility index (Phi) is 3.22. The Hall–Kier alpha value is -1.33. The van der Waals surface area contributed by atoms with Crippen LogP contribution in [0.15, 0.2) is 18.2 Å². The third kappa shape index (κ3) is 2.21. The molecule has 0 saturated carbocycles. The lowest BCUT2D eigenvalue weighted by atomic mass is 10.00. The van der Waals surface area contributed by atoms with Crippen molar-refractivity contribution in [3.8, 4) is 0 Å². The Morgan fingerprint density at radius 3 is 2.76 bits per heavy atom. The van der Waals surface area contributed by atoms with E-state index < -0.39 is 22.8 Å². The number of fused-ring (bicyclic) bond motifs is 1. The van der Waals surface area contributed by atoms with Gasteiger partial charge in [-0.05, 0) is 23.8 Å². The molecule has 1 N–H and O–H groups in total. The molecule has 0 aliphatic carbocycles. The van der Waals surface area contributed by atoms with Gasteiger partial charge in [0.1, 0.15) is 5.25 Å². The molecule has 88 valence electrons. The SMILES string of the molecule is O=C(O)C(=O)C1SCc2cc(Cl)ccc2C1=O. The average molecular weight is 271 g/mol. The fourth-order valence-corrected chi connectivity index (χ4v) is 2.93. The summed E-state index contributed by atoms with van der Waals surface area (Å²) in [5.74, 6) is -2.69. The van der Waals surface area contributed by atoms with E-state index in [4.69, 9.17) is 16.7 Å². The molecular weight excluding hydrogens is 264 g/mol. The van der Waals surface area contributed by atoms with Crippen molar-refractivity contribution in [2.75, 3.05) is 0 Å². The van der Waals surface area contributed by atoms with Gasteiger partial charge in [-0.2, -0.15) is 0 Å². The summed E-state index contributed by atoms with van der Waals surface area (Å²) >= 11 is 6.81. The minimum atomic E-state index is -1.58. The number of thioether (sulfide) groups is 1. The van der Waals surface area contributed by atoms with E-state index in [1.807, 2.05) is 0 Å². The van der Waals surface area contributed by atoms with Gasteiger partial charge in [0.25, 0.3) is 5.78 Å². The van der Waals surface area contributed by atoms with Crippen LogP contribution in [-0.2, 0) is 15.3 Å². The zero-order valence-electron chi connectivity index (χ0n) is 8.47. The summed E-state index contributed by atoms with van der Waals surface area (Å²) in [6.45, 7) is 0. The minimum Gasteiger partial charge on any atom is -0.475 e. The van der Waals surface area contributed by atoms with Crippen LogP contribution in [0.25, 0.3) is 0 Å². The van der Waals surface area contributed by atoms with Crippen LogP contribution in [0, 0.1) is 0 Å². The Balaban J connectivity index is 2.37. The van der Waals surface area contributed by atoms with Crippen LogP contribution < -0.4 is 0 Å². The molecule has 4 nitrogen and oxygen atoms in total. The van der Waals surface area contributed by atoms with Crippen LogP contribution in [0.1, 0.15) is 15.9 Å². The maximum absolute atomic E-state index is 11.9. The second-order valence-electron chi connectivity index (χ2n) is 3.53. The third-order valence-corrected chi connectivity index (χ3v) is 3.90. The van der Waals surface area contributed by atoms with Crippen molar-refractivity contribution in [2.45, 2.75) is 11.0 Å². The van der Waals surface area contributed by atoms with Crippen molar-refractivity contribution in [3.63, 3.8) is 0 Å². The molecular formula is C11H7ClO4S. The summed E-state index contributed by atoms with van der Waals surface area (Å²) in [4.78, 5) is 33.8. The van der Waals surface area contributed by atoms with E-state index >= 15 is 0 Å². The van der Waals surface area contributed by atoms with Crippen LogP contribution in [0.4, 0.5) is 0 Å². The van der Waals surface area contributed by atoms with Gasteiger partial charge in [-0.1, -0.05) is 11.6 Å².